The number of nitrogens with one attached hydrogen (secondary N) is 2. The molecule has 2 rings (SSSR count). The van der Waals surface area contributed by atoms with Crippen molar-refractivity contribution < 1.29 is 9.53 Å². The van der Waals surface area contributed by atoms with Crippen LogP contribution in [0.15, 0.2) is 0 Å². The highest BCUT2D eigenvalue weighted by Crippen LogP contribution is 2.25. The van der Waals surface area contributed by atoms with Crippen LogP contribution >= 0.6 is 0 Å². The Bertz CT molecular complexity index is 233. The highest BCUT2D eigenvalue weighted by Gasteiger charge is 2.34. The zero-order chi connectivity index (χ0) is 10.7. The quantitative estimate of drug-likeness (QED) is 0.699. The average molecular weight is 212 g/mol. The van der Waals surface area contributed by atoms with Crippen molar-refractivity contribution in [3.05, 3.63) is 0 Å². The van der Waals surface area contributed by atoms with Crippen molar-refractivity contribution in [2.75, 3.05) is 32.8 Å². The van der Waals surface area contributed by atoms with E-state index >= 15 is 0 Å². The average Bonchev–Trinajstić information content (AvgIpc) is 2.24. The molecule has 0 aromatic carbocycles. The number of hydrogen-bond acceptors (Lipinski definition) is 3. The molecule has 0 saturated carbocycles. The molecule has 2 heterocycles. The summed E-state index contributed by atoms with van der Waals surface area (Å²) in [4.78, 5) is 11.8. The molecule has 15 heavy (non-hydrogen) atoms. The van der Waals surface area contributed by atoms with Crippen LogP contribution in [0.2, 0.25) is 0 Å². The monoisotopic (exact) mass is 212 g/mol. The van der Waals surface area contributed by atoms with Crippen molar-refractivity contribution >= 4 is 5.91 Å². The van der Waals surface area contributed by atoms with Crippen molar-refractivity contribution in [1.82, 2.24) is 10.6 Å². The van der Waals surface area contributed by atoms with Crippen LogP contribution in [0, 0.1) is 11.3 Å². The molecule has 4 nitrogen and oxygen atoms in total. The van der Waals surface area contributed by atoms with Gasteiger partial charge in [-0.3, -0.25) is 4.79 Å². The van der Waals surface area contributed by atoms with E-state index in [9.17, 15) is 4.79 Å². The minimum Gasteiger partial charge on any atom is -0.380 e. The second-order valence-corrected chi connectivity index (χ2v) is 5.06. The fourth-order valence-electron chi connectivity index (χ4n) is 2.07. The van der Waals surface area contributed by atoms with Gasteiger partial charge < -0.3 is 15.4 Å². The molecule has 1 atom stereocenters. The molecule has 86 valence electrons. The van der Waals surface area contributed by atoms with Crippen molar-refractivity contribution in [2.45, 2.75) is 19.8 Å². The molecule has 0 bridgehead atoms. The number of hydrogen-bond donors (Lipinski definition) is 2. The van der Waals surface area contributed by atoms with Gasteiger partial charge in [-0.05, 0) is 19.4 Å². The lowest BCUT2D eigenvalue weighted by Crippen LogP contribution is -2.50. The predicted molar refractivity (Wildman–Crippen MR) is 57.5 cm³/mol. The minimum absolute atomic E-state index is 0.170. The third-order valence-corrected chi connectivity index (χ3v) is 3.26. The summed E-state index contributed by atoms with van der Waals surface area (Å²) in [7, 11) is 0. The summed E-state index contributed by atoms with van der Waals surface area (Å²) in [5.41, 5.74) is 0.178. The molecule has 0 spiro atoms. The molecular formula is C11H20N2O2. The van der Waals surface area contributed by atoms with Gasteiger partial charge in [0.05, 0.1) is 19.1 Å². The van der Waals surface area contributed by atoms with Gasteiger partial charge in [0.1, 0.15) is 0 Å². The summed E-state index contributed by atoms with van der Waals surface area (Å²) in [5.74, 6) is 0.374. The van der Waals surface area contributed by atoms with Gasteiger partial charge in [0.2, 0.25) is 5.91 Å². The maximum Gasteiger partial charge on any atom is 0.224 e. The molecule has 4 heteroatoms. The van der Waals surface area contributed by atoms with E-state index in [1.165, 1.54) is 0 Å². The number of ether oxygens (including phenoxy) is 1. The number of amides is 1. The molecule has 2 N–H and O–H groups in total. The van der Waals surface area contributed by atoms with Crippen molar-refractivity contribution in [2.24, 2.45) is 11.3 Å². The number of rotatable bonds is 3. The zero-order valence-electron chi connectivity index (χ0n) is 9.34. The van der Waals surface area contributed by atoms with E-state index in [1.807, 2.05) is 0 Å². The summed E-state index contributed by atoms with van der Waals surface area (Å²) in [6, 6.07) is 0. The van der Waals surface area contributed by atoms with E-state index in [0.29, 0.717) is 0 Å². The van der Waals surface area contributed by atoms with Crippen LogP contribution in [0.4, 0.5) is 0 Å². The molecule has 2 fully saturated rings. The Morgan fingerprint density at radius 1 is 1.60 bits per heavy atom. The Morgan fingerprint density at radius 3 is 2.93 bits per heavy atom. The molecule has 2 aliphatic rings. The number of carbonyl (C=O) groups excluding carboxylic acids is 1. The molecule has 2 aliphatic heterocycles. The standard InChI is InChI=1S/C11H20N2O2/c1-11(7-15-8-11)6-13-10(14)9-3-2-4-12-5-9/h9,12H,2-8H2,1H3,(H,13,14)/t9-/m0/s1. The highest BCUT2D eigenvalue weighted by atomic mass is 16.5. The van der Waals surface area contributed by atoms with Crippen LogP contribution < -0.4 is 10.6 Å². The number of carbonyl (C=O) groups is 1. The maximum absolute atomic E-state index is 11.8. The van der Waals surface area contributed by atoms with Crippen molar-refractivity contribution in [1.29, 1.82) is 0 Å². The lowest BCUT2D eigenvalue weighted by Gasteiger charge is -2.38. The van der Waals surface area contributed by atoms with Gasteiger partial charge in [-0.25, -0.2) is 0 Å². The van der Waals surface area contributed by atoms with Gasteiger partial charge in [0.15, 0.2) is 0 Å². The molecular weight excluding hydrogens is 192 g/mol. The third-order valence-electron chi connectivity index (χ3n) is 3.26. The van der Waals surface area contributed by atoms with E-state index < -0.39 is 0 Å². The summed E-state index contributed by atoms with van der Waals surface area (Å²) in [6.07, 6.45) is 2.13. The van der Waals surface area contributed by atoms with E-state index in [-0.39, 0.29) is 17.2 Å². The van der Waals surface area contributed by atoms with E-state index in [4.69, 9.17) is 4.74 Å². The van der Waals surface area contributed by atoms with Crippen molar-refractivity contribution in [3.63, 3.8) is 0 Å². The Morgan fingerprint density at radius 2 is 2.40 bits per heavy atom. The number of piperidine rings is 1. The van der Waals surface area contributed by atoms with E-state index in [0.717, 1.165) is 45.7 Å². The first-order valence-corrected chi connectivity index (χ1v) is 5.76. The van der Waals surface area contributed by atoms with Gasteiger partial charge in [-0.15, -0.1) is 0 Å². The Hall–Kier alpha value is -0.610. The second kappa shape index (κ2) is 4.49. The van der Waals surface area contributed by atoms with Crippen LogP contribution in [0.3, 0.4) is 0 Å². The molecule has 1 amide bonds. The van der Waals surface area contributed by atoms with E-state index in [1.54, 1.807) is 0 Å². The highest BCUT2D eigenvalue weighted by molar-refractivity contribution is 5.79. The van der Waals surface area contributed by atoms with Crippen LogP contribution in [-0.2, 0) is 9.53 Å². The molecule has 0 aliphatic carbocycles. The lowest BCUT2D eigenvalue weighted by atomic mass is 9.88. The first-order valence-electron chi connectivity index (χ1n) is 5.76. The fourth-order valence-corrected chi connectivity index (χ4v) is 2.07. The fraction of sp³-hybridized carbons (Fsp3) is 0.909. The van der Waals surface area contributed by atoms with E-state index in [2.05, 4.69) is 17.6 Å². The van der Waals surface area contributed by atoms with Gasteiger partial charge in [0.25, 0.3) is 0 Å². The molecule has 0 radical (unpaired) electrons. The normalized spacial score (nSPS) is 29.3. The zero-order valence-corrected chi connectivity index (χ0v) is 9.34. The smallest absolute Gasteiger partial charge is 0.224 e. The Balaban J connectivity index is 1.71. The minimum atomic E-state index is 0.170. The largest absolute Gasteiger partial charge is 0.380 e. The predicted octanol–water partition coefficient (Wildman–Crippen LogP) is 0.139. The SMILES string of the molecule is CC1(CNC(=O)[C@H]2CCCNC2)COC1. The van der Waals surface area contributed by atoms with Gasteiger partial charge in [0, 0.05) is 18.5 Å². The van der Waals surface area contributed by atoms with Crippen molar-refractivity contribution in [3.8, 4) is 0 Å². The Labute approximate surface area is 90.8 Å². The van der Waals surface area contributed by atoms with Gasteiger partial charge >= 0.3 is 0 Å². The third kappa shape index (κ3) is 2.69. The molecule has 0 aromatic heterocycles. The first kappa shape index (κ1) is 10.9. The Kier molecular flexibility index (Phi) is 3.26. The van der Waals surface area contributed by atoms with Gasteiger partial charge in [-0.1, -0.05) is 6.92 Å². The van der Waals surface area contributed by atoms with Crippen LogP contribution in [-0.4, -0.2) is 38.8 Å². The molecule has 0 aromatic rings. The first-order chi connectivity index (χ1) is 7.20. The topological polar surface area (TPSA) is 50.4 Å². The van der Waals surface area contributed by atoms with Crippen LogP contribution in [0.5, 0.6) is 0 Å². The maximum atomic E-state index is 11.8. The summed E-state index contributed by atoms with van der Waals surface area (Å²) in [6.45, 7) is 6.33. The second-order valence-electron chi connectivity index (χ2n) is 5.06. The van der Waals surface area contributed by atoms with Gasteiger partial charge in [-0.2, -0.15) is 0 Å². The summed E-state index contributed by atoms with van der Waals surface area (Å²) >= 11 is 0. The van der Waals surface area contributed by atoms with Crippen LogP contribution in [0.1, 0.15) is 19.8 Å². The lowest BCUT2D eigenvalue weighted by molar-refractivity contribution is -0.130. The summed E-state index contributed by atoms with van der Waals surface area (Å²) < 4.78 is 5.15. The van der Waals surface area contributed by atoms with Crippen LogP contribution in [0.25, 0.3) is 0 Å². The summed E-state index contributed by atoms with van der Waals surface area (Å²) in [5, 5.41) is 6.29. The molecule has 0 unspecified atom stereocenters. The molecule has 2 saturated heterocycles.